The van der Waals surface area contributed by atoms with E-state index in [1.54, 1.807) is 11.8 Å². The Hall–Kier alpha value is -0.570. The average Bonchev–Trinajstić information content (AvgIpc) is 2.11. The van der Waals surface area contributed by atoms with Crippen LogP contribution >= 0.6 is 0 Å². The van der Waals surface area contributed by atoms with Crippen molar-refractivity contribution < 1.29 is 9.90 Å². The molecule has 0 spiro atoms. The number of hydrogen-bond acceptors (Lipinski definition) is 2. The maximum absolute atomic E-state index is 11.6. The van der Waals surface area contributed by atoms with E-state index in [9.17, 15) is 4.79 Å². The molecule has 0 aliphatic rings. The molecule has 2 unspecified atom stereocenters. The van der Waals surface area contributed by atoms with Gasteiger partial charge in [0.05, 0.1) is 6.10 Å². The minimum Gasteiger partial charge on any atom is -0.393 e. The van der Waals surface area contributed by atoms with Gasteiger partial charge in [0, 0.05) is 19.5 Å². The van der Waals surface area contributed by atoms with E-state index in [0.29, 0.717) is 18.8 Å². The normalized spacial score (nSPS) is 15.4. The molecule has 0 radical (unpaired) electrons. The van der Waals surface area contributed by atoms with E-state index >= 15 is 0 Å². The van der Waals surface area contributed by atoms with Crippen molar-refractivity contribution in [2.45, 2.75) is 52.7 Å². The van der Waals surface area contributed by atoms with E-state index in [0.717, 1.165) is 0 Å². The molecule has 0 bridgehead atoms. The monoisotopic (exact) mass is 201 g/mol. The number of hydrogen-bond donors (Lipinski definition) is 1. The molecule has 0 aliphatic heterocycles. The molecule has 1 amide bonds. The largest absolute Gasteiger partial charge is 0.393 e. The molecule has 0 rings (SSSR count). The molecule has 3 heteroatoms. The molecule has 0 aromatic heterocycles. The predicted octanol–water partition coefficient (Wildman–Crippen LogP) is 1.65. The highest BCUT2D eigenvalue weighted by atomic mass is 16.3. The van der Waals surface area contributed by atoms with Gasteiger partial charge in [0.2, 0.25) is 5.91 Å². The molecule has 0 saturated heterocycles. The molecule has 0 heterocycles. The van der Waals surface area contributed by atoms with Crippen molar-refractivity contribution >= 4 is 5.91 Å². The maximum atomic E-state index is 11.6. The lowest BCUT2D eigenvalue weighted by Crippen LogP contribution is -2.38. The SMILES string of the molecule is CC(O)CCC(=O)N(C)C(C)C(C)C. The van der Waals surface area contributed by atoms with Gasteiger partial charge in [-0.2, -0.15) is 0 Å². The predicted molar refractivity (Wildman–Crippen MR) is 58.0 cm³/mol. The second-order valence-electron chi connectivity index (χ2n) is 4.38. The standard InChI is InChI=1S/C11H23NO2/c1-8(2)10(4)12(5)11(14)7-6-9(3)13/h8-10,13H,6-7H2,1-5H3. The highest BCUT2D eigenvalue weighted by Gasteiger charge is 2.18. The lowest BCUT2D eigenvalue weighted by molar-refractivity contribution is -0.133. The van der Waals surface area contributed by atoms with Gasteiger partial charge in [0.25, 0.3) is 0 Å². The number of aliphatic hydroxyl groups is 1. The van der Waals surface area contributed by atoms with Gasteiger partial charge in [0.15, 0.2) is 0 Å². The summed E-state index contributed by atoms with van der Waals surface area (Å²) in [6, 6.07) is 0.261. The zero-order chi connectivity index (χ0) is 11.3. The summed E-state index contributed by atoms with van der Waals surface area (Å²) in [6.07, 6.45) is 0.598. The van der Waals surface area contributed by atoms with E-state index in [4.69, 9.17) is 5.11 Å². The zero-order valence-electron chi connectivity index (χ0n) is 9.95. The van der Waals surface area contributed by atoms with Crippen molar-refractivity contribution in [3.8, 4) is 0 Å². The van der Waals surface area contributed by atoms with Crippen LogP contribution in [0.1, 0.15) is 40.5 Å². The van der Waals surface area contributed by atoms with Crippen LogP contribution in [0, 0.1) is 5.92 Å². The average molecular weight is 201 g/mol. The minimum absolute atomic E-state index is 0.118. The number of amides is 1. The van der Waals surface area contributed by atoms with Crippen molar-refractivity contribution in [2.75, 3.05) is 7.05 Å². The number of rotatable bonds is 5. The Morgan fingerprint density at radius 1 is 1.29 bits per heavy atom. The third-order valence-corrected chi connectivity index (χ3v) is 2.75. The summed E-state index contributed by atoms with van der Waals surface area (Å²) in [5.41, 5.74) is 0. The molecule has 84 valence electrons. The highest BCUT2D eigenvalue weighted by Crippen LogP contribution is 2.10. The third-order valence-electron chi connectivity index (χ3n) is 2.75. The van der Waals surface area contributed by atoms with E-state index in [-0.39, 0.29) is 18.1 Å². The summed E-state index contributed by atoms with van der Waals surface area (Å²) in [7, 11) is 1.83. The Morgan fingerprint density at radius 3 is 2.14 bits per heavy atom. The van der Waals surface area contributed by atoms with Crippen molar-refractivity contribution in [1.29, 1.82) is 0 Å². The molecule has 0 aromatic rings. The highest BCUT2D eigenvalue weighted by molar-refractivity contribution is 5.76. The molecule has 1 N–H and O–H groups in total. The van der Waals surface area contributed by atoms with Gasteiger partial charge in [-0.15, -0.1) is 0 Å². The summed E-state index contributed by atoms with van der Waals surface area (Å²) < 4.78 is 0. The molecule has 0 aromatic carbocycles. The van der Waals surface area contributed by atoms with Crippen molar-refractivity contribution in [1.82, 2.24) is 4.90 Å². The third kappa shape index (κ3) is 4.61. The van der Waals surface area contributed by atoms with E-state index in [1.807, 2.05) is 14.0 Å². The van der Waals surface area contributed by atoms with Crippen molar-refractivity contribution in [2.24, 2.45) is 5.92 Å². The summed E-state index contributed by atoms with van der Waals surface area (Å²) in [5, 5.41) is 9.06. The fraction of sp³-hybridized carbons (Fsp3) is 0.909. The smallest absolute Gasteiger partial charge is 0.222 e. The van der Waals surface area contributed by atoms with Crippen LogP contribution in [0.2, 0.25) is 0 Å². The molecule has 14 heavy (non-hydrogen) atoms. The summed E-state index contributed by atoms with van der Waals surface area (Å²) in [6.45, 7) is 7.95. The Labute approximate surface area is 87.1 Å². The number of carbonyl (C=O) groups excluding carboxylic acids is 1. The zero-order valence-corrected chi connectivity index (χ0v) is 9.95. The van der Waals surface area contributed by atoms with Crippen LogP contribution in [0.5, 0.6) is 0 Å². The quantitative estimate of drug-likeness (QED) is 0.734. The van der Waals surface area contributed by atoms with Crippen LogP contribution in [0.4, 0.5) is 0 Å². The summed E-state index contributed by atoms with van der Waals surface area (Å²) >= 11 is 0. The molecular formula is C11H23NO2. The van der Waals surface area contributed by atoms with Crippen molar-refractivity contribution in [3.63, 3.8) is 0 Å². The summed E-state index contributed by atoms with van der Waals surface area (Å²) in [5.74, 6) is 0.586. The van der Waals surface area contributed by atoms with Gasteiger partial charge in [-0.1, -0.05) is 13.8 Å². The fourth-order valence-electron chi connectivity index (χ4n) is 1.18. The molecule has 2 atom stereocenters. The first-order valence-electron chi connectivity index (χ1n) is 5.30. The minimum atomic E-state index is -0.387. The van der Waals surface area contributed by atoms with Crippen LogP contribution in [-0.2, 0) is 4.79 Å². The van der Waals surface area contributed by atoms with Crippen LogP contribution < -0.4 is 0 Å². The van der Waals surface area contributed by atoms with Gasteiger partial charge >= 0.3 is 0 Å². The van der Waals surface area contributed by atoms with E-state index in [2.05, 4.69) is 13.8 Å². The van der Waals surface area contributed by atoms with Gasteiger partial charge < -0.3 is 10.0 Å². The van der Waals surface area contributed by atoms with Gasteiger partial charge in [-0.05, 0) is 26.2 Å². The Morgan fingerprint density at radius 2 is 1.79 bits per heavy atom. The fourth-order valence-corrected chi connectivity index (χ4v) is 1.18. The number of carbonyl (C=O) groups is 1. The molecular weight excluding hydrogens is 178 g/mol. The molecule has 0 aliphatic carbocycles. The second kappa shape index (κ2) is 6.02. The van der Waals surface area contributed by atoms with Gasteiger partial charge in [0.1, 0.15) is 0 Å². The second-order valence-corrected chi connectivity index (χ2v) is 4.38. The Bertz CT molecular complexity index is 178. The Kier molecular flexibility index (Phi) is 5.77. The first-order valence-corrected chi connectivity index (χ1v) is 5.30. The molecule has 0 fully saturated rings. The lowest BCUT2D eigenvalue weighted by Gasteiger charge is -2.28. The lowest BCUT2D eigenvalue weighted by atomic mass is 10.0. The van der Waals surface area contributed by atoms with Crippen LogP contribution in [0.3, 0.4) is 0 Å². The van der Waals surface area contributed by atoms with Gasteiger partial charge in [-0.3, -0.25) is 4.79 Å². The maximum Gasteiger partial charge on any atom is 0.222 e. The van der Waals surface area contributed by atoms with Crippen molar-refractivity contribution in [3.05, 3.63) is 0 Å². The Balaban J connectivity index is 3.99. The first-order chi connectivity index (χ1) is 6.36. The summed E-state index contributed by atoms with van der Waals surface area (Å²) in [4.78, 5) is 13.4. The van der Waals surface area contributed by atoms with Crippen LogP contribution in [0.15, 0.2) is 0 Å². The first kappa shape index (κ1) is 13.4. The topological polar surface area (TPSA) is 40.5 Å². The van der Waals surface area contributed by atoms with Crippen LogP contribution in [0.25, 0.3) is 0 Å². The number of aliphatic hydroxyl groups excluding tert-OH is 1. The molecule has 3 nitrogen and oxygen atoms in total. The molecule has 0 saturated carbocycles. The van der Waals surface area contributed by atoms with E-state index in [1.165, 1.54) is 0 Å². The van der Waals surface area contributed by atoms with Crippen LogP contribution in [-0.4, -0.2) is 35.1 Å². The van der Waals surface area contributed by atoms with Gasteiger partial charge in [-0.25, -0.2) is 0 Å². The number of nitrogens with zero attached hydrogens (tertiary/aromatic N) is 1. The van der Waals surface area contributed by atoms with E-state index < -0.39 is 0 Å².